The lowest BCUT2D eigenvalue weighted by molar-refractivity contribution is 1.26. The molecule has 0 fully saturated rings. The Kier molecular flexibility index (Phi) is 3.88. The fraction of sp³-hybridized carbons (Fsp3) is 0.0526. The maximum atomic E-state index is 4.38. The molecule has 0 saturated heterocycles. The van der Waals surface area contributed by atoms with Crippen molar-refractivity contribution in [3.8, 4) is 0 Å². The zero-order valence-electron chi connectivity index (χ0n) is 11.9. The first-order chi connectivity index (χ1) is 10.3. The summed E-state index contributed by atoms with van der Waals surface area (Å²) in [6, 6.07) is 24.3. The van der Waals surface area contributed by atoms with E-state index in [1.165, 1.54) is 10.8 Å². The van der Waals surface area contributed by atoms with E-state index in [0.29, 0.717) is 0 Å². The molecule has 2 aromatic carbocycles. The van der Waals surface area contributed by atoms with Gasteiger partial charge in [0.25, 0.3) is 0 Å². The van der Waals surface area contributed by atoms with Gasteiger partial charge in [-0.3, -0.25) is 9.97 Å². The van der Waals surface area contributed by atoms with Gasteiger partial charge in [0.2, 0.25) is 0 Å². The standard InChI is InChI=1S/C10H9N.C9H7N/c1-8-6-7-9-4-2-3-5-10(9)11-8;1-2-6-9-8(4-1)5-3-7-10-9/h2-7H,1H3;1-7H. The number of hydrogen-bond donors (Lipinski definition) is 0. The molecule has 102 valence electrons. The summed E-state index contributed by atoms with van der Waals surface area (Å²) in [6.07, 6.45) is 1.81. The Hall–Kier alpha value is -2.74. The van der Waals surface area contributed by atoms with Crippen molar-refractivity contribution in [1.29, 1.82) is 0 Å². The summed E-state index contributed by atoms with van der Waals surface area (Å²) < 4.78 is 0. The first kappa shape index (κ1) is 13.3. The highest BCUT2D eigenvalue weighted by Gasteiger charge is 1.91. The molecule has 0 atom stereocenters. The van der Waals surface area contributed by atoms with E-state index in [2.05, 4.69) is 34.2 Å². The summed E-state index contributed by atoms with van der Waals surface area (Å²) in [6.45, 7) is 2.01. The van der Waals surface area contributed by atoms with E-state index in [-0.39, 0.29) is 0 Å². The van der Waals surface area contributed by atoms with Crippen LogP contribution in [0.4, 0.5) is 0 Å². The molecule has 4 rings (SSSR count). The number of aromatic nitrogens is 2. The van der Waals surface area contributed by atoms with Gasteiger partial charge in [0, 0.05) is 22.7 Å². The minimum absolute atomic E-state index is 1.06. The lowest BCUT2D eigenvalue weighted by Gasteiger charge is -1.95. The number of pyridine rings is 2. The van der Waals surface area contributed by atoms with Crippen LogP contribution >= 0.6 is 0 Å². The third kappa shape index (κ3) is 3.23. The van der Waals surface area contributed by atoms with Crippen LogP contribution < -0.4 is 0 Å². The van der Waals surface area contributed by atoms with Gasteiger partial charge in [-0.1, -0.05) is 48.5 Å². The van der Waals surface area contributed by atoms with Crippen molar-refractivity contribution < 1.29 is 0 Å². The number of aryl methyl sites for hydroxylation is 1. The lowest BCUT2D eigenvalue weighted by atomic mass is 10.2. The molecule has 0 saturated carbocycles. The predicted octanol–water partition coefficient (Wildman–Crippen LogP) is 4.78. The summed E-state index contributed by atoms with van der Waals surface area (Å²) in [5.41, 5.74) is 3.21. The molecule has 0 spiro atoms. The molecule has 0 N–H and O–H groups in total. The smallest absolute Gasteiger partial charge is 0.0705 e. The van der Waals surface area contributed by atoms with Gasteiger partial charge < -0.3 is 0 Å². The molecule has 2 heteroatoms. The Balaban J connectivity index is 0.000000126. The molecule has 0 bridgehead atoms. The summed E-state index contributed by atoms with van der Waals surface area (Å²) in [4.78, 5) is 8.56. The summed E-state index contributed by atoms with van der Waals surface area (Å²) in [7, 11) is 0. The van der Waals surface area contributed by atoms with Crippen molar-refractivity contribution in [3.63, 3.8) is 0 Å². The highest BCUT2D eigenvalue weighted by Crippen LogP contribution is 2.10. The number of hydrogen-bond acceptors (Lipinski definition) is 2. The molecule has 2 heterocycles. The third-order valence-electron chi connectivity index (χ3n) is 3.25. The van der Waals surface area contributed by atoms with Crippen LogP contribution in [0.2, 0.25) is 0 Å². The van der Waals surface area contributed by atoms with Crippen LogP contribution in [0, 0.1) is 6.92 Å². The van der Waals surface area contributed by atoms with Crippen LogP contribution in [0.1, 0.15) is 5.69 Å². The second-order valence-electron chi connectivity index (χ2n) is 4.84. The Morgan fingerprint density at radius 1 is 0.619 bits per heavy atom. The van der Waals surface area contributed by atoms with E-state index in [4.69, 9.17) is 0 Å². The molecule has 0 aliphatic carbocycles. The average molecular weight is 272 g/mol. The molecule has 2 nitrogen and oxygen atoms in total. The van der Waals surface area contributed by atoms with Gasteiger partial charge in [-0.05, 0) is 31.2 Å². The van der Waals surface area contributed by atoms with Gasteiger partial charge in [0.1, 0.15) is 0 Å². The van der Waals surface area contributed by atoms with E-state index < -0.39 is 0 Å². The highest BCUT2D eigenvalue weighted by molar-refractivity contribution is 5.78. The molecular weight excluding hydrogens is 256 g/mol. The van der Waals surface area contributed by atoms with Crippen molar-refractivity contribution in [3.05, 3.63) is 84.7 Å². The van der Waals surface area contributed by atoms with Crippen LogP contribution in [0.5, 0.6) is 0 Å². The first-order valence-corrected chi connectivity index (χ1v) is 6.95. The number of fused-ring (bicyclic) bond motifs is 2. The average Bonchev–Trinajstić information content (AvgIpc) is 2.55. The first-order valence-electron chi connectivity index (χ1n) is 6.95. The summed E-state index contributed by atoms with van der Waals surface area (Å²) in [5, 5.41) is 2.41. The molecule has 0 amide bonds. The minimum Gasteiger partial charge on any atom is -0.256 e. The second-order valence-corrected chi connectivity index (χ2v) is 4.84. The Morgan fingerprint density at radius 2 is 1.24 bits per heavy atom. The van der Waals surface area contributed by atoms with E-state index in [1.807, 2.05) is 61.7 Å². The number of nitrogens with zero attached hydrogens (tertiary/aromatic N) is 2. The SMILES string of the molecule is Cc1ccc2ccccc2n1.c1ccc2ncccc2c1. The number of rotatable bonds is 0. The molecule has 0 aliphatic heterocycles. The van der Waals surface area contributed by atoms with Gasteiger partial charge in [0.05, 0.1) is 11.0 Å². The maximum Gasteiger partial charge on any atom is 0.0705 e. The largest absolute Gasteiger partial charge is 0.256 e. The topological polar surface area (TPSA) is 25.8 Å². The van der Waals surface area contributed by atoms with Crippen molar-refractivity contribution in [2.24, 2.45) is 0 Å². The zero-order chi connectivity index (χ0) is 14.5. The molecule has 0 unspecified atom stereocenters. The summed E-state index contributed by atoms with van der Waals surface area (Å²) in [5.74, 6) is 0. The van der Waals surface area contributed by atoms with E-state index in [0.717, 1.165) is 16.7 Å². The van der Waals surface area contributed by atoms with Crippen molar-refractivity contribution in [1.82, 2.24) is 9.97 Å². The molecule has 0 aliphatic rings. The Morgan fingerprint density at radius 3 is 2.00 bits per heavy atom. The van der Waals surface area contributed by atoms with Gasteiger partial charge in [-0.15, -0.1) is 0 Å². The fourth-order valence-corrected chi connectivity index (χ4v) is 2.18. The van der Waals surface area contributed by atoms with Crippen LogP contribution in [0.25, 0.3) is 21.8 Å². The molecule has 21 heavy (non-hydrogen) atoms. The Labute approximate surface area is 124 Å². The van der Waals surface area contributed by atoms with Crippen molar-refractivity contribution in [2.75, 3.05) is 0 Å². The van der Waals surface area contributed by atoms with Crippen LogP contribution in [0.15, 0.2) is 79.0 Å². The van der Waals surface area contributed by atoms with Crippen molar-refractivity contribution in [2.45, 2.75) is 6.92 Å². The molecule has 2 aromatic heterocycles. The normalized spacial score (nSPS) is 10.1. The molecule has 0 radical (unpaired) electrons. The lowest BCUT2D eigenvalue weighted by Crippen LogP contribution is -1.80. The van der Waals surface area contributed by atoms with Gasteiger partial charge in [0.15, 0.2) is 0 Å². The van der Waals surface area contributed by atoms with Gasteiger partial charge in [-0.2, -0.15) is 0 Å². The van der Waals surface area contributed by atoms with Gasteiger partial charge in [-0.25, -0.2) is 0 Å². The third-order valence-corrected chi connectivity index (χ3v) is 3.25. The van der Waals surface area contributed by atoms with E-state index >= 15 is 0 Å². The second kappa shape index (κ2) is 6.14. The Bertz CT molecular complexity index is 803. The predicted molar refractivity (Wildman–Crippen MR) is 88.2 cm³/mol. The van der Waals surface area contributed by atoms with Crippen LogP contribution in [0.3, 0.4) is 0 Å². The zero-order valence-corrected chi connectivity index (χ0v) is 11.9. The number of para-hydroxylation sites is 2. The quantitative estimate of drug-likeness (QED) is 0.460. The van der Waals surface area contributed by atoms with Crippen LogP contribution in [-0.4, -0.2) is 9.97 Å². The monoisotopic (exact) mass is 272 g/mol. The molecule has 4 aromatic rings. The van der Waals surface area contributed by atoms with Gasteiger partial charge >= 0.3 is 0 Å². The summed E-state index contributed by atoms with van der Waals surface area (Å²) >= 11 is 0. The molecular formula is C19H16N2. The van der Waals surface area contributed by atoms with E-state index in [1.54, 1.807) is 0 Å². The maximum absolute atomic E-state index is 4.38. The minimum atomic E-state index is 1.06. The fourth-order valence-electron chi connectivity index (χ4n) is 2.18. The number of benzene rings is 2. The van der Waals surface area contributed by atoms with Crippen molar-refractivity contribution >= 4 is 21.8 Å². The van der Waals surface area contributed by atoms with Crippen LogP contribution in [-0.2, 0) is 0 Å². The van der Waals surface area contributed by atoms with E-state index in [9.17, 15) is 0 Å². The highest BCUT2D eigenvalue weighted by atomic mass is 14.7.